The lowest BCUT2D eigenvalue weighted by Crippen LogP contribution is -1.88. The molecule has 9 heavy (non-hydrogen) atoms. The molecular weight excluding hydrogens is 108 g/mol. The van der Waals surface area contributed by atoms with Gasteiger partial charge in [0.25, 0.3) is 0 Å². The Kier molecular flexibility index (Phi) is 2.64. The third-order valence-corrected chi connectivity index (χ3v) is 1.97. The molecule has 0 N–H and O–H groups in total. The van der Waals surface area contributed by atoms with Crippen molar-refractivity contribution in [2.24, 2.45) is 5.92 Å². The predicted octanol–water partition coefficient (Wildman–Crippen LogP) is 2.28. The first-order valence-electron chi connectivity index (χ1n) is 3.62. The zero-order valence-corrected chi connectivity index (χ0v) is 5.69. The van der Waals surface area contributed by atoms with E-state index in [-0.39, 0.29) is 0 Å². The van der Waals surface area contributed by atoms with Crippen LogP contribution in [-0.4, -0.2) is 0 Å². The Balaban J connectivity index is 2.16. The minimum atomic E-state index is 0.862. The Bertz CT molecular complexity index is 119. The van der Waals surface area contributed by atoms with Crippen LogP contribution in [0.5, 0.6) is 0 Å². The lowest BCUT2D eigenvalue weighted by atomic mass is 10.1. The van der Waals surface area contributed by atoms with E-state index >= 15 is 0 Å². The molecule has 1 aliphatic rings. The minimum Gasteiger partial charge on any atom is -0.103 e. The van der Waals surface area contributed by atoms with E-state index in [1.54, 1.807) is 0 Å². The molecule has 0 atom stereocenters. The standard InChI is InChI=1S/C9H12/c1-2-3-6-9-7-4-5-8-9/h1,9H,4-8H2. The molecule has 0 aliphatic heterocycles. The molecule has 0 aromatic carbocycles. The monoisotopic (exact) mass is 120 g/mol. The first-order valence-corrected chi connectivity index (χ1v) is 3.62. The first-order chi connectivity index (χ1) is 4.43. The highest BCUT2D eigenvalue weighted by atomic mass is 14.2. The lowest BCUT2D eigenvalue weighted by Gasteiger charge is -1.99. The Morgan fingerprint density at radius 2 is 2.00 bits per heavy atom. The highest BCUT2D eigenvalue weighted by molar-refractivity contribution is 5.02. The fourth-order valence-corrected chi connectivity index (χ4v) is 1.42. The van der Waals surface area contributed by atoms with Gasteiger partial charge in [-0.2, -0.15) is 0 Å². The second-order valence-electron chi connectivity index (χ2n) is 2.68. The van der Waals surface area contributed by atoms with Crippen LogP contribution in [-0.2, 0) is 0 Å². The SMILES string of the molecule is [CH]C#CCC1CCCC1. The molecule has 1 fully saturated rings. The Hall–Kier alpha value is -0.440. The molecule has 0 bridgehead atoms. The van der Waals surface area contributed by atoms with Gasteiger partial charge in [0, 0.05) is 6.42 Å². The third kappa shape index (κ3) is 2.10. The van der Waals surface area contributed by atoms with E-state index in [9.17, 15) is 0 Å². The van der Waals surface area contributed by atoms with Gasteiger partial charge in [0.05, 0.1) is 6.92 Å². The van der Waals surface area contributed by atoms with E-state index in [1.165, 1.54) is 25.7 Å². The van der Waals surface area contributed by atoms with Gasteiger partial charge in [-0.05, 0) is 18.8 Å². The quantitative estimate of drug-likeness (QED) is 0.466. The van der Waals surface area contributed by atoms with Crippen LogP contribution in [0, 0.1) is 24.7 Å². The normalized spacial score (nSPS) is 19.2. The van der Waals surface area contributed by atoms with Crippen molar-refractivity contribution in [3.05, 3.63) is 6.92 Å². The van der Waals surface area contributed by atoms with Crippen LogP contribution in [0.3, 0.4) is 0 Å². The van der Waals surface area contributed by atoms with Crippen LogP contribution >= 0.6 is 0 Å². The highest BCUT2D eigenvalue weighted by Crippen LogP contribution is 2.26. The van der Waals surface area contributed by atoms with E-state index in [4.69, 9.17) is 6.92 Å². The molecule has 0 nitrogen and oxygen atoms in total. The maximum absolute atomic E-state index is 5.05. The van der Waals surface area contributed by atoms with Gasteiger partial charge in [0.2, 0.25) is 0 Å². The van der Waals surface area contributed by atoms with Gasteiger partial charge < -0.3 is 0 Å². The molecule has 0 aromatic heterocycles. The minimum absolute atomic E-state index is 0.862. The van der Waals surface area contributed by atoms with Crippen molar-refractivity contribution in [1.29, 1.82) is 0 Å². The average molecular weight is 120 g/mol. The maximum Gasteiger partial charge on any atom is 0.0503 e. The van der Waals surface area contributed by atoms with Gasteiger partial charge in [-0.25, -0.2) is 0 Å². The van der Waals surface area contributed by atoms with Crippen LogP contribution in [0.2, 0.25) is 0 Å². The smallest absolute Gasteiger partial charge is 0.0503 e. The van der Waals surface area contributed by atoms with Crippen LogP contribution in [0.1, 0.15) is 32.1 Å². The van der Waals surface area contributed by atoms with Gasteiger partial charge in [-0.1, -0.05) is 18.8 Å². The zero-order chi connectivity index (χ0) is 6.53. The van der Waals surface area contributed by atoms with E-state index in [1.807, 2.05) is 0 Å². The van der Waals surface area contributed by atoms with Crippen LogP contribution in [0.4, 0.5) is 0 Å². The Morgan fingerprint density at radius 1 is 1.33 bits per heavy atom. The topological polar surface area (TPSA) is 0 Å². The van der Waals surface area contributed by atoms with Gasteiger partial charge >= 0.3 is 0 Å². The van der Waals surface area contributed by atoms with Crippen LogP contribution < -0.4 is 0 Å². The van der Waals surface area contributed by atoms with Crippen molar-refractivity contribution in [2.45, 2.75) is 32.1 Å². The van der Waals surface area contributed by atoms with Crippen molar-refractivity contribution < 1.29 is 0 Å². The molecule has 0 unspecified atom stereocenters. The second kappa shape index (κ2) is 3.56. The molecule has 0 aromatic rings. The number of rotatable bonds is 1. The summed E-state index contributed by atoms with van der Waals surface area (Å²) in [4.78, 5) is 0. The molecule has 1 rings (SSSR count). The zero-order valence-electron chi connectivity index (χ0n) is 5.69. The summed E-state index contributed by atoms with van der Waals surface area (Å²) in [6.45, 7) is 5.05. The molecule has 48 valence electrons. The van der Waals surface area contributed by atoms with Crippen molar-refractivity contribution in [1.82, 2.24) is 0 Å². The Morgan fingerprint density at radius 3 is 2.56 bits per heavy atom. The average Bonchev–Trinajstić information content (AvgIpc) is 2.34. The lowest BCUT2D eigenvalue weighted by molar-refractivity contribution is 0.567. The fraction of sp³-hybridized carbons (Fsp3) is 0.667. The van der Waals surface area contributed by atoms with Crippen molar-refractivity contribution >= 4 is 0 Å². The molecule has 0 spiro atoms. The van der Waals surface area contributed by atoms with Gasteiger partial charge in [-0.15, -0.1) is 5.92 Å². The summed E-state index contributed by atoms with van der Waals surface area (Å²) in [5, 5.41) is 0. The molecule has 0 heteroatoms. The molecule has 0 saturated heterocycles. The summed E-state index contributed by atoms with van der Waals surface area (Å²) in [5.74, 6) is 6.22. The second-order valence-corrected chi connectivity index (χ2v) is 2.68. The van der Waals surface area contributed by atoms with Crippen molar-refractivity contribution in [2.75, 3.05) is 0 Å². The summed E-state index contributed by atoms with van der Waals surface area (Å²) in [7, 11) is 0. The van der Waals surface area contributed by atoms with E-state index in [2.05, 4.69) is 11.8 Å². The fourth-order valence-electron chi connectivity index (χ4n) is 1.42. The number of hydrogen-bond donors (Lipinski definition) is 0. The van der Waals surface area contributed by atoms with Gasteiger partial charge in [0.15, 0.2) is 0 Å². The summed E-state index contributed by atoms with van der Waals surface area (Å²) in [6.07, 6.45) is 6.56. The highest BCUT2D eigenvalue weighted by Gasteiger charge is 2.12. The predicted molar refractivity (Wildman–Crippen MR) is 38.7 cm³/mol. The van der Waals surface area contributed by atoms with Crippen LogP contribution in [0.25, 0.3) is 0 Å². The van der Waals surface area contributed by atoms with Gasteiger partial charge in [0.1, 0.15) is 0 Å². The summed E-state index contributed by atoms with van der Waals surface area (Å²) in [6, 6.07) is 0. The number of hydrogen-bond acceptors (Lipinski definition) is 0. The summed E-state index contributed by atoms with van der Waals surface area (Å²) < 4.78 is 0. The third-order valence-electron chi connectivity index (χ3n) is 1.97. The molecule has 2 radical (unpaired) electrons. The van der Waals surface area contributed by atoms with Crippen molar-refractivity contribution in [3.63, 3.8) is 0 Å². The largest absolute Gasteiger partial charge is 0.103 e. The van der Waals surface area contributed by atoms with E-state index in [0.29, 0.717) is 0 Å². The van der Waals surface area contributed by atoms with E-state index in [0.717, 1.165) is 12.3 Å². The molecule has 0 heterocycles. The molecular formula is C9H12. The maximum atomic E-state index is 5.05. The summed E-state index contributed by atoms with van der Waals surface area (Å²) >= 11 is 0. The first kappa shape index (κ1) is 6.68. The van der Waals surface area contributed by atoms with Crippen molar-refractivity contribution in [3.8, 4) is 11.8 Å². The summed E-state index contributed by atoms with van der Waals surface area (Å²) in [5.41, 5.74) is 0. The Labute approximate surface area is 57.7 Å². The van der Waals surface area contributed by atoms with E-state index < -0.39 is 0 Å². The molecule has 1 aliphatic carbocycles. The molecule has 1 saturated carbocycles. The molecule has 0 amide bonds. The van der Waals surface area contributed by atoms with Crippen LogP contribution in [0.15, 0.2) is 0 Å². The van der Waals surface area contributed by atoms with Gasteiger partial charge in [-0.3, -0.25) is 0 Å².